The van der Waals surface area contributed by atoms with Crippen LogP contribution < -0.4 is 5.32 Å². The summed E-state index contributed by atoms with van der Waals surface area (Å²) in [6.45, 7) is 4.24. The molecule has 0 saturated carbocycles. The smallest absolute Gasteiger partial charge is 0.220 e. The Morgan fingerprint density at radius 1 is 0.362 bits per heavy atom. The average molecular weight is 959 g/mol. The first-order chi connectivity index (χ1) is 34.2. The second kappa shape index (κ2) is 59.6. The van der Waals surface area contributed by atoms with Crippen molar-refractivity contribution < 1.29 is 15.0 Å². The van der Waals surface area contributed by atoms with Crippen molar-refractivity contribution in [2.24, 2.45) is 0 Å². The lowest BCUT2D eigenvalue weighted by Crippen LogP contribution is -2.45. The maximum Gasteiger partial charge on any atom is 0.220 e. The summed E-state index contributed by atoms with van der Waals surface area (Å²) in [6, 6.07) is -0.569. The van der Waals surface area contributed by atoms with Gasteiger partial charge < -0.3 is 15.5 Å². The number of nitrogens with one attached hydrogen (secondary N) is 1. The molecular formula is C65H115NO3. The number of carbonyl (C=O) groups is 1. The van der Waals surface area contributed by atoms with Gasteiger partial charge in [-0.05, 0) is 77.0 Å². The van der Waals surface area contributed by atoms with E-state index >= 15 is 0 Å². The molecule has 1 amide bonds. The molecule has 0 bridgehead atoms. The molecule has 0 aliphatic carbocycles. The molecule has 0 rings (SSSR count). The van der Waals surface area contributed by atoms with Crippen LogP contribution >= 0.6 is 0 Å². The number of unbranched alkanes of at least 4 members (excludes halogenated alkanes) is 31. The maximum absolute atomic E-state index is 12.5. The van der Waals surface area contributed by atoms with E-state index in [4.69, 9.17) is 0 Å². The van der Waals surface area contributed by atoms with E-state index < -0.39 is 12.1 Å². The number of hydrogen-bond donors (Lipinski definition) is 3. The lowest BCUT2D eigenvalue weighted by Gasteiger charge is -2.22. The molecule has 3 N–H and O–H groups in total. The van der Waals surface area contributed by atoms with Crippen LogP contribution in [0.25, 0.3) is 0 Å². The van der Waals surface area contributed by atoms with Crippen LogP contribution in [-0.2, 0) is 4.79 Å². The van der Waals surface area contributed by atoms with Crippen LogP contribution in [0.2, 0.25) is 0 Å². The lowest BCUT2D eigenvalue weighted by atomic mass is 10.0. The minimum atomic E-state index is -0.687. The predicted octanol–water partition coefficient (Wildman–Crippen LogP) is 20.1. The van der Waals surface area contributed by atoms with Crippen molar-refractivity contribution in [2.45, 2.75) is 302 Å². The van der Waals surface area contributed by atoms with Crippen molar-refractivity contribution in [3.05, 3.63) is 97.2 Å². The molecular weight excluding hydrogens is 843 g/mol. The molecule has 0 heterocycles. The molecule has 0 fully saturated rings. The monoisotopic (exact) mass is 958 g/mol. The second-order valence-electron chi connectivity index (χ2n) is 20.0. The van der Waals surface area contributed by atoms with Crippen molar-refractivity contribution in [2.75, 3.05) is 6.61 Å². The summed E-state index contributed by atoms with van der Waals surface area (Å²) < 4.78 is 0. The van der Waals surface area contributed by atoms with Gasteiger partial charge in [-0.2, -0.15) is 0 Å². The van der Waals surface area contributed by atoms with Gasteiger partial charge in [0.1, 0.15) is 0 Å². The highest BCUT2D eigenvalue weighted by Crippen LogP contribution is 2.17. The summed E-state index contributed by atoms with van der Waals surface area (Å²) >= 11 is 0. The van der Waals surface area contributed by atoms with Crippen molar-refractivity contribution >= 4 is 5.91 Å². The SMILES string of the molecule is CC/C=C\C/C=C\C/C=C\C/C=C\C/C=C\C/C=C\C/C=C\C/C=C\CCCCC(=O)NC(CO)C(O)CCCCCCCCCCCCCCCCCCCCCCCCCCCCCCCC. The van der Waals surface area contributed by atoms with Crippen LogP contribution in [0.3, 0.4) is 0 Å². The van der Waals surface area contributed by atoms with E-state index in [1.165, 1.54) is 180 Å². The lowest BCUT2D eigenvalue weighted by molar-refractivity contribution is -0.123. The zero-order valence-electron chi connectivity index (χ0n) is 45.8. The number of carbonyl (C=O) groups excluding carboxylic acids is 1. The Balaban J connectivity index is 3.56. The summed E-state index contributed by atoms with van der Waals surface area (Å²) in [5.74, 6) is -0.0739. The first kappa shape index (κ1) is 66.3. The fourth-order valence-corrected chi connectivity index (χ4v) is 8.85. The number of amides is 1. The molecule has 0 spiro atoms. The van der Waals surface area contributed by atoms with Gasteiger partial charge in [-0.15, -0.1) is 0 Å². The van der Waals surface area contributed by atoms with Gasteiger partial charge in [0.2, 0.25) is 5.91 Å². The first-order valence-corrected chi connectivity index (χ1v) is 29.9. The van der Waals surface area contributed by atoms with E-state index in [1.807, 2.05) is 0 Å². The number of aliphatic hydroxyl groups is 2. The van der Waals surface area contributed by atoms with Crippen LogP contribution in [-0.4, -0.2) is 34.9 Å². The van der Waals surface area contributed by atoms with E-state index in [9.17, 15) is 15.0 Å². The van der Waals surface area contributed by atoms with Crippen molar-refractivity contribution in [1.82, 2.24) is 5.32 Å². The molecule has 2 unspecified atom stereocenters. The molecule has 0 aromatic heterocycles. The van der Waals surface area contributed by atoms with Gasteiger partial charge in [0.25, 0.3) is 0 Å². The topological polar surface area (TPSA) is 69.6 Å². The van der Waals surface area contributed by atoms with Crippen LogP contribution in [0, 0.1) is 0 Å². The van der Waals surface area contributed by atoms with E-state index in [0.29, 0.717) is 12.8 Å². The van der Waals surface area contributed by atoms with Crippen LogP contribution in [0.5, 0.6) is 0 Å². The molecule has 4 heteroatoms. The Bertz CT molecular complexity index is 1270. The van der Waals surface area contributed by atoms with Gasteiger partial charge in [-0.3, -0.25) is 4.79 Å². The summed E-state index contributed by atoms with van der Waals surface area (Å²) in [5.41, 5.74) is 0. The summed E-state index contributed by atoms with van der Waals surface area (Å²) in [4.78, 5) is 12.5. The quantitative estimate of drug-likeness (QED) is 0.0420. The minimum Gasteiger partial charge on any atom is -0.394 e. The molecule has 0 saturated heterocycles. The summed E-state index contributed by atoms with van der Waals surface area (Å²) in [5, 5.41) is 23.3. The van der Waals surface area contributed by atoms with Crippen molar-refractivity contribution in [3.63, 3.8) is 0 Å². The van der Waals surface area contributed by atoms with E-state index in [1.54, 1.807) is 0 Å². The van der Waals surface area contributed by atoms with E-state index in [-0.39, 0.29) is 12.5 Å². The molecule has 0 aromatic rings. The van der Waals surface area contributed by atoms with Crippen molar-refractivity contribution in [3.8, 4) is 0 Å². The van der Waals surface area contributed by atoms with Crippen LogP contribution in [0.1, 0.15) is 290 Å². The van der Waals surface area contributed by atoms with Crippen LogP contribution in [0.4, 0.5) is 0 Å². The molecule has 0 aromatic carbocycles. The third kappa shape index (κ3) is 56.1. The van der Waals surface area contributed by atoms with Gasteiger partial charge in [0.05, 0.1) is 18.8 Å². The predicted molar refractivity (Wildman–Crippen MR) is 308 cm³/mol. The highest BCUT2D eigenvalue weighted by molar-refractivity contribution is 5.76. The highest BCUT2D eigenvalue weighted by atomic mass is 16.3. The normalized spacial score (nSPS) is 13.5. The fraction of sp³-hybridized carbons (Fsp3) is 0.738. The molecule has 2 atom stereocenters. The van der Waals surface area contributed by atoms with Gasteiger partial charge in [-0.1, -0.05) is 304 Å². The first-order valence-electron chi connectivity index (χ1n) is 29.9. The third-order valence-electron chi connectivity index (χ3n) is 13.4. The number of rotatable bonds is 54. The van der Waals surface area contributed by atoms with Gasteiger partial charge >= 0.3 is 0 Å². The minimum absolute atomic E-state index is 0.0739. The number of hydrogen-bond acceptors (Lipinski definition) is 3. The van der Waals surface area contributed by atoms with E-state index in [0.717, 1.165) is 83.5 Å². The Labute approximate surface area is 430 Å². The third-order valence-corrected chi connectivity index (χ3v) is 13.4. The molecule has 0 aliphatic rings. The van der Waals surface area contributed by atoms with Crippen molar-refractivity contribution in [1.29, 1.82) is 0 Å². The van der Waals surface area contributed by atoms with E-state index in [2.05, 4.69) is 116 Å². The molecule has 0 radical (unpaired) electrons. The Kier molecular flexibility index (Phi) is 57.3. The molecule has 0 aliphatic heterocycles. The Hall–Kier alpha value is -2.69. The molecule has 398 valence electrons. The largest absolute Gasteiger partial charge is 0.394 e. The standard InChI is InChI=1S/C65H115NO3/c1-3-5-7-9-11-13-15-17-19-21-23-25-27-29-31-32-33-35-36-38-40-42-44-46-48-50-52-54-56-58-60-64(68)63(62-67)66-65(69)61-59-57-55-53-51-49-47-45-43-41-39-37-34-30-28-26-24-22-20-18-16-14-12-10-8-6-4-2/h6,8,12,14,18,20,24,26,30,34,39,41,45,47,51,53,63-64,67-68H,3-5,7,9-11,13,15-17,19,21-23,25,27-29,31-33,35-38,40,42-44,46,48-50,52,54-62H2,1-2H3,(H,66,69)/b8-6-,14-12-,20-18-,26-24-,34-30-,41-39-,47-45-,53-51-. The summed E-state index contributed by atoms with van der Waals surface area (Å²) in [6.07, 6.45) is 88.4. The van der Waals surface area contributed by atoms with Gasteiger partial charge in [-0.25, -0.2) is 0 Å². The second-order valence-corrected chi connectivity index (χ2v) is 20.0. The average Bonchev–Trinajstić information content (AvgIpc) is 3.35. The highest BCUT2D eigenvalue weighted by Gasteiger charge is 2.20. The molecule has 4 nitrogen and oxygen atoms in total. The number of allylic oxidation sites excluding steroid dienone is 16. The zero-order valence-corrected chi connectivity index (χ0v) is 45.8. The summed E-state index contributed by atoms with van der Waals surface area (Å²) in [7, 11) is 0. The van der Waals surface area contributed by atoms with Gasteiger partial charge in [0, 0.05) is 6.42 Å². The zero-order chi connectivity index (χ0) is 49.9. The number of aliphatic hydroxyl groups excluding tert-OH is 2. The molecule has 69 heavy (non-hydrogen) atoms. The Morgan fingerprint density at radius 2 is 0.638 bits per heavy atom. The fourth-order valence-electron chi connectivity index (χ4n) is 8.85. The maximum atomic E-state index is 12.5. The van der Waals surface area contributed by atoms with Crippen LogP contribution in [0.15, 0.2) is 97.2 Å². The Morgan fingerprint density at radius 3 is 0.928 bits per heavy atom. The van der Waals surface area contributed by atoms with Gasteiger partial charge in [0.15, 0.2) is 0 Å².